The SMILES string of the molecule is Cc1cc(Cc2ccccc2)ccc1N1[B]CCO1. The van der Waals surface area contributed by atoms with E-state index in [0.717, 1.165) is 25.0 Å². The molecule has 0 bridgehead atoms. The smallest absolute Gasteiger partial charge is 0.288 e. The lowest BCUT2D eigenvalue weighted by Gasteiger charge is -2.19. The van der Waals surface area contributed by atoms with Gasteiger partial charge in [-0.2, -0.15) is 0 Å². The standard InChI is InChI=1S/C16H17BNO/c1-13-11-15(12-14-5-3-2-4-6-14)7-8-16(13)18-17-9-10-19-18/h2-8,11H,9-10,12H2,1H3. The third-order valence-corrected chi connectivity index (χ3v) is 3.39. The molecule has 0 amide bonds. The van der Waals surface area contributed by atoms with E-state index in [1.807, 2.05) is 4.97 Å². The van der Waals surface area contributed by atoms with Crippen molar-refractivity contribution in [1.29, 1.82) is 0 Å². The van der Waals surface area contributed by atoms with Crippen LogP contribution in [0.2, 0.25) is 6.32 Å². The van der Waals surface area contributed by atoms with Gasteiger partial charge in [-0.15, -0.1) is 0 Å². The minimum absolute atomic E-state index is 0.783. The van der Waals surface area contributed by atoms with Crippen LogP contribution in [0.5, 0.6) is 0 Å². The molecule has 2 aromatic carbocycles. The van der Waals surface area contributed by atoms with E-state index in [-0.39, 0.29) is 0 Å². The molecule has 0 N–H and O–H groups in total. The van der Waals surface area contributed by atoms with E-state index in [1.165, 1.54) is 16.7 Å². The van der Waals surface area contributed by atoms with E-state index in [1.54, 1.807) is 0 Å². The van der Waals surface area contributed by atoms with Crippen LogP contribution < -0.4 is 4.97 Å². The number of aryl methyl sites for hydroxylation is 1. The maximum atomic E-state index is 5.56. The Morgan fingerprint density at radius 1 is 1.11 bits per heavy atom. The van der Waals surface area contributed by atoms with Crippen LogP contribution in [0.1, 0.15) is 16.7 Å². The van der Waals surface area contributed by atoms with Gasteiger partial charge in [0.1, 0.15) is 0 Å². The summed E-state index contributed by atoms with van der Waals surface area (Å²) in [6.45, 7) is 2.92. The van der Waals surface area contributed by atoms with Gasteiger partial charge in [0.25, 0.3) is 7.41 Å². The first-order chi connectivity index (χ1) is 9.33. The largest absolute Gasteiger partial charge is 0.306 e. The fraction of sp³-hybridized carbons (Fsp3) is 0.250. The minimum atomic E-state index is 0.783. The van der Waals surface area contributed by atoms with Crippen LogP contribution in [0.15, 0.2) is 48.5 Å². The number of nitrogens with zero attached hydrogens (tertiary/aromatic N) is 1. The van der Waals surface area contributed by atoms with Crippen molar-refractivity contribution >= 4 is 13.1 Å². The quantitative estimate of drug-likeness (QED) is 0.774. The average Bonchev–Trinajstić information content (AvgIpc) is 2.94. The van der Waals surface area contributed by atoms with Gasteiger partial charge < -0.3 is 4.97 Å². The molecule has 1 heterocycles. The molecule has 0 atom stereocenters. The molecule has 3 rings (SSSR count). The Morgan fingerprint density at radius 2 is 1.95 bits per heavy atom. The summed E-state index contributed by atoms with van der Waals surface area (Å²) in [5.74, 6) is 0. The zero-order chi connectivity index (χ0) is 13.1. The summed E-state index contributed by atoms with van der Waals surface area (Å²) in [5.41, 5.74) is 5.09. The Labute approximate surface area is 115 Å². The van der Waals surface area contributed by atoms with Crippen LogP contribution in [-0.2, 0) is 11.3 Å². The van der Waals surface area contributed by atoms with Gasteiger partial charge in [0.2, 0.25) is 0 Å². The lowest BCUT2D eigenvalue weighted by molar-refractivity contribution is 0.185. The number of benzene rings is 2. The molecule has 1 aliphatic rings. The second kappa shape index (κ2) is 5.49. The number of hydrogen-bond donors (Lipinski definition) is 0. The van der Waals surface area contributed by atoms with Gasteiger partial charge in [0, 0.05) is 0 Å². The lowest BCUT2D eigenvalue weighted by Crippen LogP contribution is -2.20. The molecule has 0 spiro atoms. The van der Waals surface area contributed by atoms with Gasteiger partial charge in [-0.1, -0.05) is 42.5 Å². The molecule has 0 aliphatic carbocycles. The Bertz CT molecular complexity index is 550. The minimum Gasteiger partial charge on any atom is -0.306 e. The van der Waals surface area contributed by atoms with Crippen molar-refractivity contribution in [3.8, 4) is 0 Å². The molecular formula is C16H17BNO. The summed E-state index contributed by atoms with van der Waals surface area (Å²) in [4.78, 5) is 7.45. The Kier molecular flexibility index (Phi) is 3.56. The van der Waals surface area contributed by atoms with Crippen molar-refractivity contribution in [1.82, 2.24) is 0 Å². The normalized spacial score (nSPS) is 14.5. The highest BCUT2D eigenvalue weighted by Gasteiger charge is 2.17. The van der Waals surface area contributed by atoms with Gasteiger partial charge in [0.05, 0.1) is 12.3 Å². The van der Waals surface area contributed by atoms with Crippen molar-refractivity contribution in [2.24, 2.45) is 0 Å². The molecule has 2 nitrogen and oxygen atoms in total. The van der Waals surface area contributed by atoms with Crippen LogP contribution in [-0.4, -0.2) is 14.0 Å². The van der Waals surface area contributed by atoms with Crippen LogP contribution in [0.4, 0.5) is 5.69 Å². The first kappa shape index (κ1) is 12.3. The van der Waals surface area contributed by atoms with Crippen LogP contribution in [0.3, 0.4) is 0 Å². The van der Waals surface area contributed by atoms with E-state index in [4.69, 9.17) is 4.84 Å². The highest BCUT2D eigenvalue weighted by Crippen LogP contribution is 2.24. The van der Waals surface area contributed by atoms with E-state index < -0.39 is 0 Å². The summed E-state index contributed by atoms with van der Waals surface area (Å²) >= 11 is 0. The molecule has 1 aliphatic heterocycles. The molecular weight excluding hydrogens is 233 g/mol. The highest BCUT2D eigenvalue weighted by atomic mass is 16.7. The summed E-state index contributed by atoms with van der Waals surface area (Å²) in [6, 6.07) is 17.1. The van der Waals surface area contributed by atoms with E-state index in [2.05, 4.69) is 62.9 Å². The van der Waals surface area contributed by atoms with Gasteiger partial charge >= 0.3 is 0 Å². The van der Waals surface area contributed by atoms with Crippen molar-refractivity contribution in [2.45, 2.75) is 19.7 Å². The van der Waals surface area contributed by atoms with E-state index in [0.29, 0.717) is 0 Å². The second-order valence-electron chi connectivity index (χ2n) is 4.91. The third kappa shape index (κ3) is 2.82. The predicted octanol–water partition coefficient (Wildman–Crippen LogP) is 3.37. The van der Waals surface area contributed by atoms with Crippen LogP contribution >= 0.6 is 0 Å². The maximum absolute atomic E-state index is 5.56. The monoisotopic (exact) mass is 250 g/mol. The second-order valence-corrected chi connectivity index (χ2v) is 4.91. The van der Waals surface area contributed by atoms with Gasteiger partial charge in [0.15, 0.2) is 0 Å². The van der Waals surface area contributed by atoms with Crippen molar-refractivity contribution in [3.05, 3.63) is 65.2 Å². The topological polar surface area (TPSA) is 12.5 Å². The summed E-state index contributed by atoms with van der Waals surface area (Å²) < 4.78 is 0. The number of hydrogen-bond acceptors (Lipinski definition) is 2. The van der Waals surface area contributed by atoms with Crippen molar-refractivity contribution in [3.63, 3.8) is 0 Å². The van der Waals surface area contributed by atoms with Crippen molar-refractivity contribution in [2.75, 3.05) is 11.6 Å². The van der Waals surface area contributed by atoms with Crippen LogP contribution in [0, 0.1) is 6.92 Å². The first-order valence-corrected chi connectivity index (χ1v) is 6.72. The Balaban J connectivity index is 1.79. The van der Waals surface area contributed by atoms with Gasteiger partial charge in [-0.3, -0.25) is 4.84 Å². The molecule has 1 saturated heterocycles. The van der Waals surface area contributed by atoms with Gasteiger partial charge in [-0.05, 0) is 42.4 Å². The molecule has 0 saturated carbocycles. The molecule has 1 radical (unpaired) electrons. The zero-order valence-electron chi connectivity index (χ0n) is 11.2. The fourth-order valence-electron chi connectivity index (χ4n) is 2.45. The van der Waals surface area contributed by atoms with E-state index >= 15 is 0 Å². The Hall–Kier alpha value is -1.74. The zero-order valence-corrected chi connectivity index (χ0v) is 11.2. The third-order valence-electron chi connectivity index (χ3n) is 3.39. The highest BCUT2D eigenvalue weighted by molar-refractivity contribution is 6.41. The molecule has 1 fully saturated rings. The number of anilines is 1. The van der Waals surface area contributed by atoms with Gasteiger partial charge in [-0.25, -0.2) is 0 Å². The molecule has 0 unspecified atom stereocenters. The van der Waals surface area contributed by atoms with Crippen molar-refractivity contribution < 1.29 is 4.84 Å². The van der Waals surface area contributed by atoms with E-state index in [9.17, 15) is 0 Å². The molecule has 3 heteroatoms. The molecule has 2 aromatic rings. The summed E-state index contributed by atoms with van der Waals surface area (Å²) in [5, 5.41) is 0. The predicted molar refractivity (Wildman–Crippen MR) is 79.4 cm³/mol. The molecule has 0 aromatic heterocycles. The number of rotatable bonds is 3. The molecule has 95 valence electrons. The Morgan fingerprint density at radius 3 is 2.63 bits per heavy atom. The van der Waals surface area contributed by atoms with Crippen LogP contribution in [0.25, 0.3) is 0 Å². The fourth-order valence-corrected chi connectivity index (χ4v) is 2.45. The lowest BCUT2D eigenvalue weighted by atomic mass is 9.89. The summed E-state index contributed by atoms with van der Waals surface area (Å²) in [7, 11) is 2.10. The first-order valence-electron chi connectivity index (χ1n) is 6.72. The average molecular weight is 250 g/mol. The maximum Gasteiger partial charge on any atom is 0.288 e. The summed E-state index contributed by atoms with van der Waals surface area (Å²) in [6.07, 6.45) is 1.97. The molecule has 19 heavy (non-hydrogen) atoms.